The molecular formula is C19H13F5I2O5. The van der Waals surface area contributed by atoms with Gasteiger partial charge in [0.1, 0.15) is 12.4 Å². The van der Waals surface area contributed by atoms with E-state index < -0.39 is 41.3 Å². The maximum Gasteiger partial charge on any atom is 0.431 e. The molecule has 0 aliphatic heterocycles. The van der Waals surface area contributed by atoms with Crippen LogP contribution in [0.4, 0.5) is 22.0 Å². The molecule has 12 heteroatoms. The van der Waals surface area contributed by atoms with E-state index in [0.717, 1.165) is 12.1 Å². The van der Waals surface area contributed by atoms with E-state index in [2.05, 4.69) is 4.74 Å². The number of aromatic hydroxyl groups is 1. The average Bonchev–Trinajstić information content (AvgIpc) is 2.66. The number of benzene rings is 2. The van der Waals surface area contributed by atoms with Crippen LogP contribution in [0.2, 0.25) is 0 Å². The van der Waals surface area contributed by atoms with E-state index in [0.29, 0.717) is 12.7 Å². The fourth-order valence-electron chi connectivity index (χ4n) is 2.40. The molecule has 1 N–H and O–H groups in total. The lowest BCUT2D eigenvalue weighted by atomic mass is 10.1. The molecule has 0 amide bonds. The molecule has 0 saturated heterocycles. The Balaban J connectivity index is 2.22. The summed E-state index contributed by atoms with van der Waals surface area (Å²) >= 11 is 3.74. The van der Waals surface area contributed by atoms with Crippen molar-refractivity contribution in [2.75, 3.05) is 0 Å². The highest BCUT2D eigenvalue weighted by molar-refractivity contribution is 14.1. The lowest BCUT2D eigenvalue weighted by Gasteiger charge is -2.25. The number of esters is 2. The summed E-state index contributed by atoms with van der Waals surface area (Å²) in [4.78, 5) is 24.6. The molecule has 2 aromatic rings. The first-order valence-electron chi connectivity index (χ1n) is 8.30. The van der Waals surface area contributed by atoms with Crippen molar-refractivity contribution in [1.82, 2.24) is 0 Å². The predicted octanol–water partition coefficient (Wildman–Crippen LogP) is 5.70. The Morgan fingerprint density at radius 3 is 1.94 bits per heavy atom. The minimum Gasteiger partial charge on any atom is -0.506 e. The summed E-state index contributed by atoms with van der Waals surface area (Å²) in [7, 11) is 0. The molecule has 0 radical (unpaired) electrons. The summed E-state index contributed by atoms with van der Waals surface area (Å²) < 4.78 is 75.4. The molecule has 0 aliphatic rings. The number of phenols is 1. The zero-order valence-electron chi connectivity index (χ0n) is 15.5. The molecule has 0 bridgehead atoms. The van der Waals surface area contributed by atoms with Crippen molar-refractivity contribution in [3.05, 3.63) is 60.2 Å². The zero-order chi connectivity index (χ0) is 23.6. The van der Waals surface area contributed by atoms with Gasteiger partial charge < -0.3 is 14.6 Å². The van der Waals surface area contributed by atoms with Crippen molar-refractivity contribution in [2.45, 2.75) is 31.7 Å². The highest BCUT2D eigenvalue weighted by Crippen LogP contribution is 2.35. The Morgan fingerprint density at radius 2 is 1.48 bits per heavy atom. The van der Waals surface area contributed by atoms with Gasteiger partial charge in [-0.1, -0.05) is 12.1 Å². The van der Waals surface area contributed by atoms with Crippen LogP contribution in [0.25, 0.3) is 0 Å². The third-order valence-corrected chi connectivity index (χ3v) is 5.44. The largest absolute Gasteiger partial charge is 0.506 e. The molecule has 0 spiro atoms. The number of hydrogen-bond donors (Lipinski definition) is 1. The first kappa shape index (κ1) is 25.5. The molecule has 2 aromatic carbocycles. The van der Waals surface area contributed by atoms with Crippen molar-refractivity contribution >= 4 is 57.1 Å². The first-order chi connectivity index (χ1) is 14.2. The lowest BCUT2D eigenvalue weighted by Crippen LogP contribution is -2.46. The van der Waals surface area contributed by atoms with Crippen LogP contribution in [0.1, 0.15) is 33.2 Å². The van der Waals surface area contributed by atoms with E-state index in [9.17, 15) is 36.6 Å². The maximum atomic E-state index is 13.3. The fraction of sp³-hybridized carbons (Fsp3) is 0.263. The summed E-state index contributed by atoms with van der Waals surface area (Å²) in [5.41, 5.74) is -0.598. The molecule has 2 rings (SSSR count). The molecule has 0 aromatic heterocycles. The predicted molar refractivity (Wildman–Crippen MR) is 115 cm³/mol. The third-order valence-electron chi connectivity index (χ3n) is 3.80. The monoisotopic (exact) mass is 670 g/mol. The second kappa shape index (κ2) is 9.83. The minimum absolute atomic E-state index is 0.0288. The number of phenolic OH excluding ortho intramolecular Hbond substituents is 1. The number of halogens is 7. The van der Waals surface area contributed by atoms with Gasteiger partial charge in [0.2, 0.25) is 0 Å². The average molecular weight is 670 g/mol. The zero-order valence-corrected chi connectivity index (χ0v) is 19.8. The van der Waals surface area contributed by atoms with Crippen molar-refractivity contribution < 1.29 is 46.1 Å². The van der Waals surface area contributed by atoms with Crippen molar-refractivity contribution in [3.63, 3.8) is 0 Å². The first-order valence-corrected chi connectivity index (χ1v) is 10.5. The number of carbonyl (C=O) groups excluding carboxylic acids is 2. The standard InChI is InChI=1S/C19H13F5I2O5/c1-18(20,21)17(19(22,23)24)31-16(29)11-5-3-2-4-10(11)15(28)30-8-9-6-12(25)14(27)13(26)7-9/h2-7,17,27H,8H2,1H3. The van der Waals surface area contributed by atoms with Crippen LogP contribution in [-0.4, -0.2) is 35.2 Å². The summed E-state index contributed by atoms with van der Waals surface area (Å²) in [6, 6.07) is 7.69. The van der Waals surface area contributed by atoms with Crippen molar-refractivity contribution in [2.24, 2.45) is 0 Å². The minimum atomic E-state index is -5.52. The number of rotatable bonds is 6. The quantitative estimate of drug-likeness (QED) is 0.243. The molecule has 0 aliphatic carbocycles. The van der Waals surface area contributed by atoms with E-state index in [4.69, 9.17) is 4.74 Å². The van der Waals surface area contributed by atoms with Crippen LogP contribution in [0.15, 0.2) is 36.4 Å². The highest BCUT2D eigenvalue weighted by Gasteiger charge is 2.56. The summed E-state index contributed by atoms with van der Waals surface area (Å²) in [6.45, 7) is -0.300. The van der Waals surface area contributed by atoms with E-state index >= 15 is 0 Å². The molecule has 31 heavy (non-hydrogen) atoms. The molecule has 1 atom stereocenters. The Labute approximate surface area is 200 Å². The van der Waals surface area contributed by atoms with Gasteiger partial charge in [0.25, 0.3) is 12.0 Å². The molecule has 168 valence electrons. The number of alkyl halides is 5. The lowest BCUT2D eigenvalue weighted by molar-refractivity contribution is -0.263. The molecule has 1 unspecified atom stereocenters. The van der Waals surface area contributed by atoms with Crippen molar-refractivity contribution in [1.29, 1.82) is 0 Å². The van der Waals surface area contributed by atoms with Crippen LogP contribution in [-0.2, 0) is 16.1 Å². The topological polar surface area (TPSA) is 72.8 Å². The maximum absolute atomic E-state index is 13.3. The van der Waals surface area contributed by atoms with E-state index in [1.807, 2.05) is 45.2 Å². The fourth-order valence-corrected chi connectivity index (χ4v) is 4.29. The van der Waals surface area contributed by atoms with Gasteiger partial charge in [0.05, 0.1) is 18.3 Å². The van der Waals surface area contributed by atoms with Gasteiger partial charge in [-0.2, -0.15) is 13.2 Å². The van der Waals surface area contributed by atoms with Gasteiger partial charge in [0.15, 0.2) is 0 Å². The van der Waals surface area contributed by atoms with E-state index in [1.165, 1.54) is 12.1 Å². The second-order valence-corrected chi connectivity index (χ2v) is 8.64. The van der Waals surface area contributed by atoms with Gasteiger partial charge in [-0.15, -0.1) is 0 Å². The number of carbonyl (C=O) groups is 2. The Hall–Kier alpha value is -1.71. The van der Waals surface area contributed by atoms with Gasteiger partial charge >= 0.3 is 18.1 Å². The smallest absolute Gasteiger partial charge is 0.431 e. The van der Waals surface area contributed by atoms with Crippen LogP contribution in [0.3, 0.4) is 0 Å². The van der Waals surface area contributed by atoms with Crippen LogP contribution in [0.5, 0.6) is 5.75 Å². The van der Waals surface area contributed by atoms with Crippen LogP contribution < -0.4 is 0 Å². The second-order valence-electron chi connectivity index (χ2n) is 6.31. The Bertz CT molecular complexity index is 951. The molecular weight excluding hydrogens is 657 g/mol. The summed E-state index contributed by atoms with van der Waals surface area (Å²) in [6.07, 6.45) is -9.20. The Kier molecular flexibility index (Phi) is 8.10. The van der Waals surface area contributed by atoms with Crippen LogP contribution >= 0.6 is 45.2 Å². The molecule has 5 nitrogen and oxygen atoms in total. The van der Waals surface area contributed by atoms with E-state index in [1.54, 1.807) is 12.1 Å². The van der Waals surface area contributed by atoms with Gasteiger partial charge in [-0.25, -0.2) is 18.4 Å². The van der Waals surface area contributed by atoms with E-state index in [-0.39, 0.29) is 19.3 Å². The molecule has 0 fully saturated rings. The molecule has 0 saturated carbocycles. The van der Waals surface area contributed by atoms with Gasteiger partial charge in [-0.05, 0) is 75.0 Å². The summed E-state index contributed by atoms with van der Waals surface area (Å²) in [5.74, 6) is -7.16. The molecule has 0 heterocycles. The normalized spacial score (nSPS) is 12.9. The Morgan fingerprint density at radius 1 is 1.00 bits per heavy atom. The SMILES string of the molecule is CC(F)(F)C(OC(=O)c1ccccc1C(=O)OCc1cc(I)c(O)c(I)c1)C(F)(F)F. The van der Waals surface area contributed by atoms with Gasteiger partial charge in [-0.3, -0.25) is 0 Å². The number of hydrogen-bond acceptors (Lipinski definition) is 5. The highest BCUT2D eigenvalue weighted by atomic mass is 127. The number of ether oxygens (including phenoxy) is 2. The summed E-state index contributed by atoms with van der Waals surface area (Å²) in [5, 5.41) is 9.76. The third kappa shape index (κ3) is 6.63. The van der Waals surface area contributed by atoms with Gasteiger partial charge in [0, 0.05) is 6.92 Å². The van der Waals surface area contributed by atoms with Crippen LogP contribution in [0, 0.1) is 7.14 Å². The van der Waals surface area contributed by atoms with Crippen molar-refractivity contribution in [3.8, 4) is 5.75 Å².